The first-order valence-corrected chi connectivity index (χ1v) is 6.45. The Kier molecular flexibility index (Phi) is 4.77. The van der Waals surface area contributed by atoms with Gasteiger partial charge < -0.3 is 0 Å². The number of carbonyl (C=O) groups is 2. The summed E-state index contributed by atoms with van der Waals surface area (Å²) in [6, 6.07) is 15.3. The van der Waals surface area contributed by atoms with E-state index in [4.69, 9.17) is 0 Å². The summed E-state index contributed by atoms with van der Waals surface area (Å²) in [5.74, 6) is -0.455. The fraction of sp³-hybridized carbons (Fsp3) is 0.176. The second-order valence-electron chi connectivity index (χ2n) is 4.48. The number of carbonyl (C=O) groups excluding carboxylic acids is 2. The molecule has 2 rings (SSSR count). The zero-order valence-electron chi connectivity index (χ0n) is 10.9. The number of hydrogen-bond acceptors (Lipinski definition) is 2. The monoisotopic (exact) mass is 269 g/mol. The molecular formula is C17H14FO2. The van der Waals surface area contributed by atoms with Gasteiger partial charge in [-0.05, 0) is 36.8 Å². The van der Waals surface area contributed by atoms with Gasteiger partial charge in [0.15, 0.2) is 11.6 Å². The van der Waals surface area contributed by atoms with Gasteiger partial charge in [0.25, 0.3) is 0 Å². The van der Waals surface area contributed by atoms with Crippen LogP contribution in [-0.4, -0.2) is 11.6 Å². The van der Waals surface area contributed by atoms with Gasteiger partial charge in [0.1, 0.15) is 5.82 Å². The van der Waals surface area contributed by atoms with E-state index < -0.39 is 0 Å². The first kappa shape index (κ1) is 14.1. The fourth-order valence-corrected chi connectivity index (χ4v) is 1.89. The van der Waals surface area contributed by atoms with Crippen LogP contribution in [0.4, 0.5) is 4.39 Å². The fourth-order valence-electron chi connectivity index (χ4n) is 1.89. The van der Waals surface area contributed by atoms with E-state index in [9.17, 15) is 14.0 Å². The molecule has 0 bridgehead atoms. The van der Waals surface area contributed by atoms with Crippen molar-refractivity contribution < 1.29 is 14.0 Å². The molecule has 0 atom stereocenters. The van der Waals surface area contributed by atoms with Gasteiger partial charge in [-0.2, -0.15) is 0 Å². The van der Waals surface area contributed by atoms with Crippen LogP contribution in [0.1, 0.15) is 40.0 Å². The minimum Gasteiger partial charge on any atom is -0.294 e. The van der Waals surface area contributed by atoms with Crippen molar-refractivity contribution in [2.45, 2.75) is 19.3 Å². The topological polar surface area (TPSA) is 34.1 Å². The highest BCUT2D eigenvalue weighted by molar-refractivity contribution is 5.98. The molecule has 0 saturated heterocycles. The quantitative estimate of drug-likeness (QED) is 0.746. The number of ketones is 2. The average molecular weight is 269 g/mol. The molecule has 0 N–H and O–H groups in total. The standard InChI is InChI=1S/C17H14FO2/c18-15-11-9-14(10-12-15)17(20)8-4-7-16(19)13-5-2-1-3-6-13/h1-3,5,9-12H,4,7-8H2. The van der Waals surface area contributed by atoms with E-state index in [1.54, 1.807) is 24.3 Å². The summed E-state index contributed by atoms with van der Waals surface area (Å²) in [6.45, 7) is 0. The molecular weight excluding hydrogens is 255 g/mol. The van der Waals surface area contributed by atoms with Gasteiger partial charge >= 0.3 is 0 Å². The normalized spacial score (nSPS) is 10.2. The molecule has 2 nitrogen and oxygen atoms in total. The second-order valence-corrected chi connectivity index (χ2v) is 4.48. The molecule has 0 heterocycles. The Bertz CT molecular complexity index is 588. The van der Waals surface area contributed by atoms with E-state index in [1.165, 1.54) is 24.3 Å². The Morgan fingerprint density at radius 2 is 1.65 bits per heavy atom. The smallest absolute Gasteiger partial charge is 0.163 e. The van der Waals surface area contributed by atoms with E-state index in [0.717, 1.165) is 0 Å². The molecule has 0 saturated carbocycles. The summed E-state index contributed by atoms with van der Waals surface area (Å²) in [7, 11) is 0. The summed E-state index contributed by atoms with van der Waals surface area (Å²) in [6.07, 6.45) is 1.08. The molecule has 0 fully saturated rings. The van der Waals surface area contributed by atoms with Crippen molar-refractivity contribution in [2.24, 2.45) is 0 Å². The van der Waals surface area contributed by atoms with E-state index in [2.05, 4.69) is 6.07 Å². The third-order valence-electron chi connectivity index (χ3n) is 2.98. The Hall–Kier alpha value is -2.29. The summed E-state index contributed by atoms with van der Waals surface area (Å²) in [5, 5.41) is 0. The Balaban J connectivity index is 1.83. The van der Waals surface area contributed by atoms with Crippen LogP contribution in [-0.2, 0) is 0 Å². The molecule has 0 aliphatic heterocycles. The minimum atomic E-state index is -0.364. The van der Waals surface area contributed by atoms with Crippen LogP contribution < -0.4 is 0 Å². The summed E-state index contributed by atoms with van der Waals surface area (Å²) >= 11 is 0. The SMILES string of the molecule is O=C(CCCC(=O)c1ccc(F)cc1)c1[c]cccc1. The lowest BCUT2D eigenvalue weighted by atomic mass is 10.0. The maximum absolute atomic E-state index is 12.7. The van der Waals surface area contributed by atoms with E-state index in [1.807, 2.05) is 0 Å². The highest BCUT2D eigenvalue weighted by Gasteiger charge is 2.09. The number of rotatable bonds is 6. The first-order chi connectivity index (χ1) is 9.66. The predicted molar refractivity (Wildman–Crippen MR) is 74.2 cm³/mol. The van der Waals surface area contributed by atoms with E-state index >= 15 is 0 Å². The third-order valence-corrected chi connectivity index (χ3v) is 2.98. The first-order valence-electron chi connectivity index (χ1n) is 6.45. The van der Waals surface area contributed by atoms with Crippen molar-refractivity contribution in [3.8, 4) is 0 Å². The lowest BCUT2D eigenvalue weighted by Crippen LogP contribution is -2.03. The highest BCUT2D eigenvalue weighted by atomic mass is 19.1. The Morgan fingerprint density at radius 3 is 2.30 bits per heavy atom. The molecule has 101 valence electrons. The molecule has 0 aromatic heterocycles. The average Bonchev–Trinajstić information content (AvgIpc) is 2.48. The van der Waals surface area contributed by atoms with Crippen LogP contribution in [0, 0.1) is 11.9 Å². The van der Waals surface area contributed by atoms with Crippen molar-refractivity contribution >= 4 is 11.6 Å². The Morgan fingerprint density at radius 1 is 0.950 bits per heavy atom. The van der Waals surface area contributed by atoms with Gasteiger partial charge in [-0.15, -0.1) is 0 Å². The van der Waals surface area contributed by atoms with Crippen molar-refractivity contribution in [2.75, 3.05) is 0 Å². The van der Waals surface area contributed by atoms with Crippen LogP contribution >= 0.6 is 0 Å². The number of Topliss-reactive ketones (excluding diaryl/α,β-unsaturated/α-hetero) is 2. The Labute approximate surface area is 117 Å². The molecule has 0 aliphatic carbocycles. The van der Waals surface area contributed by atoms with Crippen LogP contribution in [0.3, 0.4) is 0 Å². The predicted octanol–water partition coefficient (Wildman–Crippen LogP) is 3.86. The van der Waals surface area contributed by atoms with Crippen molar-refractivity contribution in [3.63, 3.8) is 0 Å². The lowest BCUT2D eigenvalue weighted by Gasteiger charge is -2.02. The van der Waals surface area contributed by atoms with Crippen molar-refractivity contribution in [3.05, 3.63) is 71.5 Å². The highest BCUT2D eigenvalue weighted by Crippen LogP contribution is 2.11. The number of hydrogen-bond donors (Lipinski definition) is 0. The van der Waals surface area contributed by atoms with Gasteiger partial charge in [0.05, 0.1) is 0 Å². The van der Waals surface area contributed by atoms with Crippen molar-refractivity contribution in [1.29, 1.82) is 0 Å². The van der Waals surface area contributed by atoms with Crippen molar-refractivity contribution in [1.82, 2.24) is 0 Å². The minimum absolute atomic E-state index is 0.0162. The van der Waals surface area contributed by atoms with E-state index in [0.29, 0.717) is 24.0 Å². The molecule has 2 aromatic carbocycles. The summed E-state index contributed by atoms with van der Waals surface area (Å²) < 4.78 is 12.7. The maximum atomic E-state index is 12.7. The molecule has 0 amide bonds. The van der Waals surface area contributed by atoms with Crippen LogP contribution in [0.5, 0.6) is 0 Å². The largest absolute Gasteiger partial charge is 0.294 e. The molecule has 0 aliphatic rings. The zero-order chi connectivity index (χ0) is 14.4. The van der Waals surface area contributed by atoms with E-state index in [-0.39, 0.29) is 23.8 Å². The van der Waals surface area contributed by atoms with Gasteiger partial charge in [-0.3, -0.25) is 9.59 Å². The number of halogens is 1. The molecule has 20 heavy (non-hydrogen) atoms. The van der Waals surface area contributed by atoms with Crippen LogP contribution in [0.15, 0.2) is 48.5 Å². The molecule has 0 unspecified atom stereocenters. The second kappa shape index (κ2) is 6.75. The van der Waals surface area contributed by atoms with Gasteiger partial charge in [0.2, 0.25) is 0 Å². The van der Waals surface area contributed by atoms with Crippen LogP contribution in [0.25, 0.3) is 0 Å². The third kappa shape index (κ3) is 3.85. The lowest BCUT2D eigenvalue weighted by molar-refractivity contribution is 0.0957. The van der Waals surface area contributed by atoms with Gasteiger partial charge in [-0.25, -0.2) is 4.39 Å². The van der Waals surface area contributed by atoms with Gasteiger partial charge in [0, 0.05) is 24.0 Å². The summed E-state index contributed by atoms with van der Waals surface area (Å²) in [4.78, 5) is 23.6. The molecule has 1 radical (unpaired) electrons. The van der Waals surface area contributed by atoms with Crippen LogP contribution in [0.2, 0.25) is 0 Å². The molecule has 3 heteroatoms. The molecule has 0 spiro atoms. The maximum Gasteiger partial charge on any atom is 0.163 e. The molecule has 2 aromatic rings. The summed E-state index contributed by atoms with van der Waals surface area (Å²) in [5.41, 5.74) is 1.02. The van der Waals surface area contributed by atoms with Gasteiger partial charge in [-0.1, -0.05) is 24.3 Å². The zero-order valence-corrected chi connectivity index (χ0v) is 10.9. The number of benzene rings is 2.